The molecule has 0 spiro atoms. The predicted octanol–water partition coefficient (Wildman–Crippen LogP) is 2.65. The number of nitrogens with zero attached hydrogens (tertiary/aromatic N) is 2. The van der Waals surface area contributed by atoms with E-state index in [9.17, 15) is 14.0 Å². The maximum absolute atomic E-state index is 14.1. The Morgan fingerprint density at radius 1 is 1.19 bits per heavy atom. The smallest absolute Gasteiger partial charge is 0.314 e. The molecular formula is C24H33FN2O4. The van der Waals surface area contributed by atoms with Gasteiger partial charge >= 0.3 is 5.97 Å². The van der Waals surface area contributed by atoms with Gasteiger partial charge in [-0.3, -0.25) is 14.5 Å². The Hall–Kier alpha value is -1.99. The van der Waals surface area contributed by atoms with E-state index >= 15 is 0 Å². The van der Waals surface area contributed by atoms with Crippen LogP contribution in [0.1, 0.15) is 38.2 Å². The number of fused-ring (bicyclic) bond motifs is 1. The van der Waals surface area contributed by atoms with E-state index in [1.54, 1.807) is 23.1 Å². The van der Waals surface area contributed by atoms with Crippen molar-refractivity contribution >= 4 is 11.9 Å². The van der Waals surface area contributed by atoms with Crippen molar-refractivity contribution in [1.29, 1.82) is 0 Å². The van der Waals surface area contributed by atoms with E-state index in [1.807, 2.05) is 6.92 Å². The predicted molar refractivity (Wildman–Crippen MR) is 114 cm³/mol. The van der Waals surface area contributed by atoms with Gasteiger partial charge in [0.05, 0.1) is 31.7 Å². The number of likely N-dealkylation sites (tertiary alicyclic amines) is 1. The molecule has 7 heteroatoms. The summed E-state index contributed by atoms with van der Waals surface area (Å²) in [6.45, 7) is 6.56. The summed E-state index contributed by atoms with van der Waals surface area (Å²) in [4.78, 5) is 30.4. The third kappa shape index (κ3) is 4.62. The summed E-state index contributed by atoms with van der Waals surface area (Å²) < 4.78 is 25.1. The van der Waals surface area contributed by atoms with E-state index in [4.69, 9.17) is 9.47 Å². The van der Waals surface area contributed by atoms with Crippen LogP contribution in [0.2, 0.25) is 0 Å². The maximum atomic E-state index is 14.1. The summed E-state index contributed by atoms with van der Waals surface area (Å²) in [5, 5.41) is 0. The molecule has 0 N–H and O–H groups in total. The minimum absolute atomic E-state index is 0.0205. The molecule has 3 atom stereocenters. The van der Waals surface area contributed by atoms with Crippen LogP contribution in [-0.4, -0.2) is 73.7 Å². The Bertz CT molecular complexity index is 798. The average Bonchev–Trinajstić information content (AvgIpc) is 2.80. The number of hydrogen-bond acceptors (Lipinski definition) is 5. The molecule has 0 radical (unpaired) electrons. The molecule has 2 aliphatic heterocycles. The third-order valence-electron chi connectivity index (χ3n) is 7.38. The van der Waals surface area contributed by atoms with Crippen LogP contribution in [0.5, 0.6) is 0 Å². The van der Waals surface area contributed by atoms with Crippen molar-refractivity contribution in [2.24, 2.45) is 11.3 Å². The zero-order chi connectivity index (χ0) is 21.8. The van der Waals surface area contributed by atoms with Crippen molar-refractivity contribution < 1.29 is 23.5 Å². The molecule has 170 valence electrons. The highest BCUT2D eigenvalue weighted by atomic mass is 19.1. The van der Waals surface area contributed by atoms with Crippen LogP contribution in [0.25, 0.3) is 0 Å². The van der Waals surface area contributed by atoms with Crippen LogP contribution in [0, 0.1) is 17.2 Å². The lowest BCUT2D eigenvalue weighted by atomic mass is 9.61. The molecule has 2 saturated heterocycles. The van der Waals surface area contributed by atoms with Crippen molar-refractivity contribution in [3.05, 3.63) is 35.6 Å². The summed E-state index contributed by atoms with van der Waals surface area (Å²) in [5.41, 5.74) is -0.252. The average molecular weight is 433 g/mol. The van der Waals surface area contributed by atoms with Crippen molar-refractivity contribution in [2.75, 3.05) is 46.0 Å². The first-order chi connectivity index (χ1) is 15.0. The summed E-state index contributed by atoms with van der Waals surface area (Å²) >= 11 is 0. The number of carbonyl (C=O) groups is 2. The highest BCUT2D eigenvalue weighted by molar-refractivity contribution is 5.82. The fourth-order valence-corrected chi connectivity index (χ4v) is 5.65. The van der Waals surface area contributed by atoms with E-state index in [0.717, 1.165) is 52.0 Å². The number of benzene rings is 1. The molecule has 1 aromatic rings. The SMILES string of the molecule is CCOC(=O)[C@@]12CC[C@H](N3CCOCC3)C[C@H]1CCN(C(=O)Cc1ccccc1F)C2. The molecule has 1 aliphatic carbocycles. The number of morpholine rings is 1. The number of esters is 1. The molecule has 0 unspecified atom stereocenters. The highest BCUT2D eigenvalue weighted by Gasteiger charge is 2.54. The lowest BCUT2D eigenvalue weighted by Gasteiger charge is -2.52. The molecular weight excluding hydrogens is 399 g/mol. The van der Waals surface area contributed by atoms with E-state index in [-0.39, 0.29) is 30.0 Å². The van der Waals surface area contributed by atoms with Gasteiger partial charge in [0, 0.05) is 32.2 Å². The molecule has 4 rings (SSSR count). The molecule has 31 heavy (non-hydrogen) atoms. The van der Waals surface area contributed by atoms with Crippen LogP contribution < -0.4 is 0 Å². The van der Waals surface area contributed by atoms with E-state index < -0.39 is 5.41 Å². The van der Waals surface area contributed by atoms with Gasteiger partial charge in [0.1, 0.15) is 5.82 Å². The molecule has 1 saturated carbocycles. The van der Waals surface area contributed by atoms with Crippen LogP contribution in [0.4, 0.5) is 4.39 Å². The first kappa shape index (κ1) is 22.2. The van der Waals surface area contributed by atoms with Crippen LogP contribution in [-0.2, 0) is 25.5 Å². The van der Waals surface area contributed by atoms with Gasteiger partial charge in [-0.25, -0.2) is 4.39 Å². The Labute approximate surface area is 183 Å². The number of ether oxygens (including phenoxy) is 2. The van der Waals surface area contributed by atoms with E-state index in [1.165, 1.54) is 6.07 Å². The number of amides is 1. The van der Waals surface area contributed by atoms with Gasteiger partial charge in [0.15, 0.2) is 0 Å². The van der Waals surface area contributed by atoms with Gasteiger partial charge in [0.25, 0.3) is 0 Å². The van der Waals surface area contributed by atoms with Crippen LogP contribution in [0.3, 0.4) is 0 Å². The van der Waals surface area contributed by atoms with Crippen LogP contribution in [0.15, 0.2) is 24.3 Å². The monoisotopic (exact) mass is 432 g/mol. The van der Waals surface area contributed by atoms with Crippen molar-refractivity contribution in [1.82, 2.24) is 9.80 Å². The Morgan fingerprint density at radius 2 is 1.97 bits per heavy atom. The minimum atomic E-state index is -0.651. The number of rotatable bonds is 5. The zero-order valence-electron chi connectivity index (χ0n) is 18.4. The fourth-order valence-electron chi connectivity index (χ4n) is 5.65. The summed E-state index contributed by atoms with van der Waals surface area (Å²) in [6, 6.07) is 6.84. The lowest BCUT2D eigenvalue weighted by Crippen LogP contribution is -2.59. The van der Waals surface area contributed by atoms with Gasteiger partial charge in [-0.05, 0) is 50.2 Å². The molecule has 0 aromatic heterocycles. The highest BCUT2D eigenvalue weighted by Crippen LogP contribution is 2.48. The molecule has 3 fully saturated rings. The van der Waals surface area contributed by atoms with Crippen LogP contribution >= 0.6 is 0 Å². The van der Waals surface area contributed by atoms with E-state index in [2.05, 4.69) is 4.90 Å². The number of halogens is 1. The summed E-state index contributed by atoms with van der Waals surface area (Å²) in [7, 11) is 0. The van der Waals surface area contributed by atoms with Crippen molar-refractivity contribution in [2.45, 2.75) is 45.1 Å². The zero-order valence-corrected chi connectivity index (χ0v) is 18.4. The number of hydrogen-bond donors (Lipinski definition) is 0. The summed E-state index contributed by atoms with van der Waals surface area (Å²) in [5.74, 6) is -0.464. The Kier molecular flexibility index (Phi) is 6.92. The van der Waals surface area contributed by atoms with Gasteiger partial charge in [-0.15, -0.1) is 0 Å². The Morgan fingerprint density at radius 3 is 2.71 bits per heavy atom. The molecule has 1 aromatic carbocycles. The topological polar surface area (TPSA) is 59.1 Å². The largest absolute Gasteiger partial charge is 0.466 e. The lowest BCUT2D eigenvalue weighted by molar-refractivity contribution is -0.171. The Balaban J connectivity index is 1.49. The normalized spacial score (nSPS) is 29.3. The number of carbonyl (C=O) groups excluding carboxylic acids is 2. The summed E-state index contributed by atoms with van der Waals surface area (Å²) in [6.07, 6.45) is 3.40. The molecule has 1 amide bonds. The van der Waals surface area contributed by atoms with Gasteiger partial charge in [-0.1, -0.05) is 18.2 Å². The second-order valence-electron chi connectivity index (χ2n) is 9.02. The maximum Gasteiger partial charge on any atom is 0.314 e. The quantitative estimate of drug-likeness (QED) is 0.670. The third-order valence-corrected chi connectivity index (χ3v) is 7.38. The fraction of sp³-hybridized carbons (Fsp3) is 0.667. The molecule has 6 nitrogen and oxygen atoms in total. The molecule has 3 aliphatic rings. The molecule has 0 bridgehead atoms. The first-order valence-electron chi connectivity index (χ1n) is 11.5. The minimum Gasteiger partial charge on any atom is -0.466 e. The molecule has 2 heterocycles. The van der Waals surface area contributed by atoms with Gasteiger partial charge < -0.3 is 14.4 Å². The van der Waals surface area contributed by atoms with Gasteiger partial charge in [-0.2, -0.15) is 0 Å². The van der Waals surface area contributed by atoms with Gasteiger partial charge in [0.2, 0.25) is 5.91 Å². The van der Waals surface area contributed by atoms with Crippen molar-refractivity contribution in [3.63, 3.8) is 0 Å². The first-order valence-corrected chi connectivity index (χ1v) is 11.5. The standard InChI is InChI=1S/C24H33FN2O4/c1-2-31-23(29)24-9-7-20(26-11-13-30-14-12-26)16-19(24)8-10-27(17-24)22(28)15-18-5-3-4-6-21(18)25/h3-6,19-20H,2,7-17H2,1H3/t19-,20+,24-/m1/s1. The van der Waals surface area contributed by atoms with Crippen molar-refractivity contribution in [3.8, 4) is 0 Å². The van der Waals surface area contributed by atoms with E-state index in [0.29, 0.717) is 31.3 Å². The second-order valence-corrected chi connectivity index (χ2v) is 9.02. The number of piperidine rings is 1. The second kappa shape index (κ2) is 9.65.